The molecule has 0 aliphatic heterocycles. The van der Waals surface area contributed by atoms with Crippen LogP contribution in [-0.4, -0.2) is 17.1 Å². The lowest BCUT2D eigenvalue weighted by Gasteiger charge is -2.07. The second kappa shape index (κ2) is 5.11. The fourth-order valence-corrected chi connectivity index (χ4v) is 1.68. The van der Waals surface area contributed by atoms with Crippen molar-refractivity contribution in [2.45, 2.75) is 0 Å². The minimum atomic E-state index is 0.795. The first-order valence-electron chi connectivity index (χ1n) is 4.66. The summed E-state index contributed by atoms with van der Waals surface area (Å²) in [5.74, 6) is 1.61. The summed E-state index contributed by atoms with van der Waals surface area (Å²) in [6.45, 7) is 0. The summed E-state index contributed by atoms with van der Waals surface area (Å²) < 4.78 is 6.12. The average molecular weight is 327 g/mol. The number of hydrogen-bond donors (Lipinski definition) is 1. The summed E-state index contributed by atoms with van der Waals surface area (Å²) in [6.07, 6.45) is 3.28. The molecule has 2 rings (SSSR count). The van der Waals surface area contributed by atoms with Crippen LogP contribution in [0, 0.1) is 3.57 Å². The van der Waals surface area contributed by atoms with Crippen LogP contribution >= 0.6 is 22.6 Å². The minimum absolute atomic E-state index is 0.795. The molecule has 0 aliphatic rings. The van der Waals surface area contributed by atoms with Crippen molar-refractivity contribution in [3.8, 4) is 5.75 Å². The summed E-state index contributed by atoms with van der Waals surface area (Å²) in [4.78, 5) is 8.10. The van der Waals surface area contributed by atoms with Crippen LogP contribution in [0.4, 0.5) is 11.5 Å². The van der Waals surface area contributed by atoms with E-state index in [0.29, 0.717) is 0 Å². The molecule has 0 atom stereocenters. The molecular weight excluding hydrogens is 317 g/mol. The zero-order chi connectivity index (χ0) is 11.4. The number of benzene rings is 1. The molecule has 2 aromatic rings. The molecule has 1 heterocycles. The summed E-state index contributed by atoms with van der Waals surface area (Å²) in [5, 5.41) is 3.21. The molecule has 0 saturated carbocycles. The van der Waals surface area contributed by atoms with E-state index in [9.17, 15) is 0 Å². The summed E-state index contributed by atoms with van der Waals surface area (Å²) >= 11 is 2.19. The molecule has 1 N–H and O–H groups in total. The smallest absolute Gasteiger partial charge is 0.147 e. The highest BCUT2D eigenvalue weighted by Crippen LogP contribution is 2.22. The van der Waals surface area contributed by atoms with Gasteiger partial charge in [0, 0.05) is 18.0 Å². The minimum Gasteiger partial charge on any atom is -0.497 e. The van der Waals surface area contributed by atoms with Crippen LogP contribution in [-0.2, 0) is 0 Å². The molecule has 0 radical (unpaired) electrons. The van der Waals surface area contributed by atoms with Crippen LogP contribution < -0.4 is 10.1 Å². The van der Waals surface area contributed by atoms with Gasteiger partial charge in [-0.3, -0.25) is 0 Å². The predicted molar refractivity (Wildman–Crippen MR) is 71.0 cm³/mol. The van der Waals surface area contributed by atoms with Crippen molar-refractivity contribution in [3.63, 3.8) is 0 Å². The lowest BCUT2D eigenvalue weighted by molar-refractivity contribution is 0.415. The first-order valence-corrected chi connectivity index (χ1v) is 5.74. The third-order valence-electron chi connectivity index (χ3n) is 2.00. The van der Waals surface area contributed by atoms with Crippen LogP contribution in [0.25, 0.3) is 0 Å². The van der Waals surface area contributed by atoms with Crippen molar-refractivity contribution < 1.29 is 4.74 Å². The Balaban J connectivity index is 2.24. The van der Waals surface area contributed by atoms with Crippen LogP contribution in [0.5, 0.6) is 5.75 Å². The molecule has 0 bridgehead atoms. The van der Waals surface area contributed by atoms with E-state index in [1.807, 2.05) is 24.3 Å². The Labute approximate surface area is 107 Å². The summed E-state index contributed by atoms with van der Waals surface area (Å²) in [5.41, 5.74) is 0.941. The number of ether oxygens (including phenoxy) is 1. The zero-order valence-electron chi connectivity index (χ0n) is 8.64. The molecule has 0 fully saturated rings. The van der Waals surface area contributed by atoms with E-state index in [1.54, 1.807) is 13.3 Å². The van der Waals surface area contributed by atoms with Gasteiger partial charge < -0.3 is 10.1 Å². The maximum Gasteiger partial charge on any atom is 0.147 e. The predicted octanol–water partition coefficient (Wildman–Crippen LogP) is 2.83. The standard InChI is InChI=1S/C11H10IN3O/c1-16-9-4-2-3-8(5-9)15-11-10(12)6-13-7-14-11/h2-7H,1H3,(H,13,14,15). The Hall–Kier alpha value is -1.37. The highest BCUT2D eigenvalue weighted by molar-refractivity contribution is 14.1. The Morgan fingerprint density at radius 2 is 2.25 bits per heavy atom. The van der Waals surface area contributed by atoms with E-state index in [1.165, 1.54) is 6.33 Å². The third-order valence-corrected chi connectivity index (χ3v) is 2.79. The quantitative estimate of drug-likeness (QED) is 0.881. The maximum atomic E-state index is 5.15. The number of nitrogens with zero attached hydrogens (tertiary/aromatic N) is 2. The third kappa shape index (κ3) is 2.60. The van der Waals surface area contributed by atoms with Gasteiger partial charge in [0.25, 0.3) is 0 Å². The summed E-state index contributed by atoms with van der Waals surface area (Å²) in [6, 6.07) is 7.70. The molecule has 1 aromatic heterocycles. The topological polar surface area (TPSA) is 47.0 Å². The van der Waals surface area contributed by atoms with Crippen molar-refractivity contribution in [1.82, 2.24) is 9.97 Å². The van der Waals surface area contributed by atoms with E-state index in [-0.39, 0.29) is 0 Å². The number of rotatable bonds is 3. The second-order valence-electron chi connectivity index (χ2n) is 3.08. The van der Waals surface area contributed by atoms with E-state index in [4.69, 9.17) is 4.74 Å². The molecule has 0 unspecified atom stereocenters. The monoisotopic (exact) mass is 327 g/mol. The van der Waals surface area contributed by atoms with Crippen molar-refractivity contribution in [3.05, 3.63) is 40.4 Å². The number of aromatic nitrogens is 2. The van der Waals surface area contributed by atoms with Gasteiger partial charge in [0.2, 0.25) is 0 Å². The van der Waals surface area contributed by atoms with Crippen molar-refractivity contribution in [1.29, 1.82) is 0 Å². The highest BCUT2D eigenvalue weighted by atomic mass is 127. The summed E-state index contributed by atoms with van der Waals surface area (Å²) in [7, 11) is 1.65. The first kappa shape index (κ1) is 11.1. The second-order valence-corrected chi connectivity index (χ2v) is 4.24. The fourth-order valence-electron chi connectivity index (χ4n) is 1.24. The Kier molecular flexibility index (Phi) is 3.55. The van der Waals surface area contributed by atoms with Crippen molar-refractivity contribution >= 4 is 34.1 Å². The lowest BCUT2D eigenvalue weighted by Crippen LogP contribution is -1.97. The van der Waals surface area contributed by atoms with Crippen LogP contribution in [0.2, 0.25) is 0 Å². The van der Waals surface area contributed by atoms with Gasteiger partial charge >= 0.3 is 0 Å². The zero-order valence-corrected chi connectivity index (χ0v) is 10.8. The van der Waals surface area contributed by atoms with Gasteiger partial charge in [-0.15, -0.1) is 0 Å². The molecule has 4 nitrogen and oxygen atoms in total. The Morgan fingerprint density at radius 1 is 1.38 bits per heavy atom. The van der Waals surface area contributed by atoms with Gasteiger partial charge in [-0.05, 0) is 34.7 Å². The maximum absolute atomic E-state index is 5.15. The van der Waals surface area contributed by atoms with E-state index < -0.39 is 0 Å². The highest BCUT2D eigenvalue weighted by Gasteiger charge is 2.01. The Morgan fingerprint density at radius 3 is 3.00 bits per heavy atom. The van der Waals surface area contributed by atoms with Gasteiger partial charge in [0.05, 0.1) is 10.7 Å². The van der Waals surface area contributed by atoms with E-state index in [0.717, 1.165) is 20.8 Å². The van der Waals surface area contributed by atoms with Gasteiger partial charge in [-0.2, -0.15) is 0 Å². The molecule has 1 aromatic carbocycles. The molecule has 16 heavy (non-hydrogen) atoms. The number of nitrogens with one attached hydrogen (secondary N) is 1. The van der Waals surface area contributed by atoms with Crippen LogP contribution in [0.15, 0.2) is 36.8 Å². The number of anilines is 2. The normalized spacial score (nSPS) is 9.88. The number of halogens is 1. The molecular formula is C11H10IN3O. The van der Waals surface area contributed by atoms with Gasteiger partial charge in [-0.1, -0.05) is 6.07 Å². The van der Waals surface area contributed by atoms with Gasteiger partial charge in [0.15, 0.2) is 0 Å². The first-order chi connectivity index (χ1) is 7.79. The lowest BCUT2D eigenvalue weighted by atomic mass is 10.3. The van der Waals surface area contributed by atoms with Gasteiger partial charge in [0.1, 0.15) is 17.9 Å². The number of methoxy groups -OCH3 is 1. The van der Waals surface area contributed by atoms with Crippen LogP contribution in [0.3, 0.4) is 0 Å². The fraction of sp³-hybridized carbons (Fsp3) is 0.0909. The average Bonchev–Trinajstić information content (AvgIpc) is 2.32. The van der Waals surface area contributed by atoms with Gasteiger partial charge in [-0.25, -0.2) is 9.97 Å². The molecule has 0 spiro atoms. The number of hydrogen-bond acceptors (Lipinski definition) is 4. The molecule has 0 aliphatic carbocycles. The van der Waals surface area contributed by atoms with E-state index >= 15 is 0 Å². The molecule has 82 valence electrons. The SMILES string of the molecule is COc1cccc(Nc2ncncc2I)c1. The van der Waals surface area contributed by atoms with Crippen molar-refractivity contribution in [2.24, 2.45) is 0 Å². The van der Waals surface area contributed by atoms with E-state index in [2.05, 4.69) is 37.9 Å². The molecule has 0 amide bonds. The largest absolute Gasteiger partial charge is 0.497 e. The molecule has 5 heteroatoms. The Bertz CT molecular complexity index is 490. The van der Waals surface area contributed by atoms with Crippen LogP contribution in [0.1, 0.15) is 0 Å². The molecule has 0 saturated heterocycles. The van der Waals surface area contributed by atoms with Crippen molar-refractivity contribution in [2.75, 3.05) is 12.4 Å².